The van der Waals surface area contributed by atoms with Gasteiger partial charge in [-0.25, -0.2) is 4.79 Å². The van der Waals surface area contributed by atoms with E-state index < -0.39 is 0 Å². The van der Waals surface area contributed by atoms with Crippen LogP contribution in [0.3, 0.4) is 0 Å². The monoisotopic (exact) mass is 375 g/mol. The summed E-state index contributed by atoms with van der Waals surface area (Å²) in [6, 6.07) is 8.94. The minimum Gasteiger partial charge on any atom is -0.494 e. The van der Waals surface area contributed by atoms with Crippen molar-refractivity contribution >= 4 is 23.3 Å². The van der Waals surface area contributed by atoms with Crippen LogP contribution < -0.4 is 14.8 Å². The van der Waals surface area contributed by atoms with E-state index in [0.717, 1.165) is 24.3 Å². The molecule has 0 spiro atoms. The first-order valence-electron chi connectivity index (χ1n) is 8.70. The van der Waals surface area contributed by atoms with Crippen LogP contribution in [-0.4, -0.2) is 41.7 Å². The van der Waals surface area contributed by atoms with Crippen molar-refractivity contribution in [2.45, 2.75) is 25.9 Å². The van der Waals surface area contributed by atoms with Gasteiger partial charge in [-0.2, -0.15) is 0 Å². The second-order valence-corrected chi connectivity index (χ2v) is 6.43. The summed E-state index contributed by atoms with van der Waals surface area (Å²) in [4.78, 5) is 18.2. The normalized spacial score (nSPS) is 16.8. The molecule has 0 radical (unpaired) electrons. The number of benzene rings is 1. The van der Waals surface area contributed by atoms with Crippen molar-refractivity contribution in [2.75, 3.05) is 25.0 Å². The molecule has 6 nitrogen and oxygen atoms in total. The maximum absolute atomic E-state index is 12.5. The molecule has 1 atom stereocenters. The molecule has 7 heteroatoms. The molecule has 3 rings (SSSR count). The fourth-order valence-corrected chi connectivity index (χ4v) is 3.02. The molecule has 2 heterocycles. The van der Waals surface area contributed by atoms with Crippen molar-refractivity contribution in [1.29, 1.82) is 0 Å². The molecule has 1 fully saturated rings. The molecule has 0 saturated carbocycles. The summed E-state index contributed by atoms with van der Waals surface area (Å²) in [6.07, 6.45) is 4.86. The highest BCUT2D eigenvalue weighted by Gasteiger charge is 2.25. The SMILES string of the molecule is CCOc1ccc(NC(=O)N2CCCC(Oc3ccncc3Cl)C2)cc1. The molecule has 1 unspecified atom stereocenters. The fraction of sp³-hybridized carbons (Fsp3) is 0.368. The summed E-state index contributed by atoms with van der Waals surface area (Å²) >= 11 is 6.09. The topological polar surface area (TPSA) is 63.7 Å². The Hall–Kier alpha value is -2.47. The highest BCUT2D eigenvalue weighted by Crippen LogP contribution is 2.26. The first-order valence-corrected chi connectivity index (χ1v) is 9.08. The van der Waals surface area contributed by atoms with Crippen molar-refractivity contribution in [3.63, 3.8) is 0 Å². The molecule has 2 aromatic rings. The number of anilines is 1. The summed E-state index contributed by atoms with van der Waals surface area (Å²) in [5.74, 6) is 1.38. The summed E-state index contributed by atoms with van der Waals surface area (Å²) in [6.45, 7) is 3.76. The zero-order valence-electron chi connectivity index (χ0n) is 14.7. The Labute approximate surface area is 158 Å². The predicted octanol–water partition coefficient (Wildman–Crippen LogP) is 4.21. The maximum Gasteiger partial charge on any atom is 0.321 e. The van der Waals surface area contributed by atoms with Gasteiger partial charge < -0.3 is 19.7 Å². The van der Waals surface area contributed by atoms with Crippen LogP contribution in [-0.2, 0) is 0 Å². The van der Waals surface area contributed by atoms with Gasteiger partial charge in [0.1, 0.15) is 22.6 Å². The Morgan fingerprint density at radius 1 is 1.35 bits per heavy atom. The highest BCUT2D eigenvalue weighted by molar-refractivity contribution is 6.31. The van der Waals surface area contributed by atoms with Gasteiger partial charge in [-0.05, 0) is 44.0 Å². The van der Waals surface area contributed by atoms with Crippen molar-refractivity contribution in [3.05, 3.63) is 47.7 Å². The molecule has 0 aliphatic carbocycles. The lowest BCUT2D eigenvalue weighted by Crippen LogP contribution is -2.46. The van der Waals surface area contributed by atoms with E-state index in [-0.39, 0.29) is 12.1 Å². The number of hydrogen-bond donors (Lipinski definition) is 1. The third kappa shape index (κ3) is 4.79. The number of carbonyl (C=O) groups is 1. The highest BCUT2D eigenvalue weighted by atomic mass is 35.5. The molecule has 1 aromatic heterocycles. The number of amides is 2. The van der Waals surface area contributed by atoms with Gasteiger partial charge in [0.05, 0.1) is 13.2 Å². The number of pyridine rings is 1. The van der Waals surface area contributed by atoms with Gasteiger partial charge in [0.2, 0.25) is 0 Å². The Balaban J connectivity index is 1.56. The largest absolute Gasteiger partial charge is 0.494 e. The number of urea groups is 1. The maximum atomic E-state index is 12.5. The van der Waals surface area contributed by atoms with E-state index in [4.69, 9.17) is 21.1 Å². The first-order chi connectivity index (χ1) is 12.7. The van der Waals surface area contributed by atoms with E-state index in [1.807, 2.05) is 31.2 Å². The molecule has 26 heavy (non-hydrogen) atoms. The number of ether oxygens (including phenoxy) is 2. The molecule has 138 valence electrons. The zero-order valence-corrected chi connectivity index (χ0v) is 15.4. The van der Waals surface area contributed by atoms with E-state index in [1.54, 1.807) is 23.4 Å². The Kier molecular flexibility index (Phi) is 6.17. The van der Waals surface area contributed by atoms with E-state index >= 15 is 0 Å². The molecule has 1 saturated heterocycles. The number of halogens is 1. The Morgan fingerprint density at radius 3 is 2.88 bits per heavy atom. The quantitative estimate of drug-likeness (QED) is 0.850. The van der Waals surface area contributed by atoms with Gasteiger partial charge in [-0.3, -0.25) is 4.98 Å². The summed E-state index contributed by atoms with van der Waals surface area (Å²) in [5.41, 5.74) is 0.735. The van der Waals surface area contributed by atoms with E-state index in [9.17, 15) is 4.79 Å². The number of piperidine rings is 1. The van der Waals surface area contributed by atoms with Crippen LogP contribution in [0, 0.1) is 0 Å². The summed E-state index contributed by atoms with van der Waals surface area (Å²) in [7, 11) is 0. The van der Waals surface area contributed by atoms with E-state index in [1.165, 1.54) is 0 Å². The molecule has 2 amide bonds. The minimum atomic E-state index is -0.136. The van der Waals surface area contributed by atoms with Crippen molar-refractivity contribution in [1.82, 2.24) is 9.88 Å². The van der Waals surface area contributed by atoms with Crippen LogP contribution in [0.2, 0.25) is 5.02 Å². The van der Waals surface area contributed by atoms with Gasteiger partial charge in [0.15, 0.2) is 0 Å². The molecular formula is C19H22ClN3O3. The van der Waals surface area contributed by atoms with Crippen LogP contribution in [0.5, 0.6) is 11.5 Å². The predicted molar refractivity (Wildman–Crippen MR) is 101 cm³/mol. The van der Waals surface area contributed by atoms with Crippen molar-refractivity contribution in [3.8, 4) is 11.5 Å². The van der Waals surface area contributed by atoms with Crippen LogP contribution in [0.1, 0.15) is 19.8 Å². The standard InChI is InChI=1S/C19H22ClN3O3/c1-2-25-15-7-5-14(6-8-15)22-19(24)23-11-3-4-16(13-23)26-18-9-10-21-12-17(18)20/h5-10,12,16H,2-4,11,13H2,1H3,(H,22,24). The third-order valence-corrected chi connectivity index (χ3v) is 4.39. The lowest BCUT2D eigenvalue weighted by Gasteiger charge is -2.33. The molecule has 0 bridgehead atoms. The van der Waals surface area contributed by atoms with Crippen molar-refractivity contribution in [2.24, 2.45) is 0 Å². The fourth-order valence-electron chi connectivity index (χ4n) is 2.86. The van der Waals surface area contributed by atoms with Gasteiger partial charge >= 0.3 is 6.03 Å². The number of rotatable bonds is 5. The van der Waals surface area contributed by atoms with Gasteiger partial charge in [0.25, 0.3) is 0 Å². The summed E-state index contributed by atoms with van der Waals surface area (Å²) < 4.78 is 11.4. The minimum absolute atomic E-state index is 0.0882. The smallest absolute Gasteiger partial charge is 0.321 e. The third-order valence-electron chi connectivity index (χ3n) is 4.11. The number of hydrogen-bond acceptors (Lipinski definition) is 4. The first kappa shape index (κ1) is 18.3. The Bertz CT molecular complexity index is 739. The number of carbonyl (C=O) groups excluding carboxylic acids is 1. The molecule has 1 aliphatic heterocycles. The van der Waals surface area contributed by atoms with Crippen LogP contribution in [0.15, 0.2) is 42.7 Å². The van der Waals surface area contributed by atoms with Gasteiger partial charge in [-0.15, -0.1) is 0 Å². The lowest BCUT2D eigenvalue weighted by atomic mass is 10.1. The van der Waals surface area contributed by atoms with E-state index in [2.05, 4.69) is 10.3 Å². The zero-order chi connectivity index (χ0) is 18.4. The average molecular weight is 376 g/mol. The van der Waals surface area contributed by atoms with Crippen molar-refractivity contribution < 1.29 is 14.3 Å². The van der Waals surface area contributed by atoms with Crippen LogP contribution >= 0.6 is 11.6 Å². The second-order valence-electron chi connectivity index (χ2n) is 6.02. The summed E-state index contributed by atoms with van der Waals surface area (Å²) in [5, 5.41) is 3.39. The molecule has 1 aromatic carbocycles. The van der Waals surface area contributed by atoms with Gasteiger partial charge in [-0.1, -0.05) is 11.6 Å². The number of aromatic nitrogens is 1. The number of likely N-dealkylation sites (tertiary alicyclic amines) is 1. The molecule has 1 aliphatic rings. The number of nitrogens with one attached hydrogen (secondary N) is 1. The van der Waals surface area contributed by atoms with Crippen LogP contribution in [0.4, 0.5) is 10.5 Å². The van der Waals surface area contributed by atoms with E-state index in [0.29, 0.717) is 30.5 Å². The van der Waals surface area contributed by atoms with Gasteiger partial charge in [0, 0.05) is 30.7 Å². The Morgan fingerprint density at radius 2 is 2.15 bits per heavy atom. The molecular weight excluding hydrogens is 354 g/mol. The van der Waals surface area contributed by atoms with Crippen LogP contribution in [0.25, 0.3) is 0 Å². The lowest BCUT2D eigenvalue weighted by molar-refractivity contribution is 0.106. The average Bonchev–Trinajstić information content (AvgIpc) is 2.66. The number of nitrogens with zero attached hydrogens (tertiary/aromatic N) is 2. The molecule has 1 N–H and O–H groups in total. The second kappa shape index (κ2) is 8.76.